The van der Waals surface area contributed by atoms with Crippen LogP contribution in [0.1, 0.15) is 16.1 Å². The lowest BCUT2D eigenvalue weighted by Gasteiger charge is -2.04. The first-order valence-corrected chi connectivity index (χ1v) is 8.75. The molecule has 0 amide bonds. The first-order valence-electron chi connectivity index (χ1n) is 7.58. The number of aromatic nitrogens is 1. The van der Waals surface area contributed by atoms with Crippen LogP contribution in [0.4, 0.5) is 0 Å². The summed E-state index contributed by atoms with van der Waals surface area (Å²) in [6.07, 6.45) is 0. The smallest absolute Gasteiger partial charge is 0.340 e. The Kier molecular flexibility index (Phi) is 4.57. The van der Waals surface area contributed by atoms with Crippen molar-refractivity contribution in [2.75, 3.05) is 6.79 Å². The minimum Gasteiger partial charge on any atom is -0.455 e. The molecule has 2 heterocycles. The van der Waals surface area contributed by atoms with Crippen LogP contribution < -0.4 is 9.47 Å². The van der Waals surface area contributed by atoms with E-state index in [2.05, 4.69) is 21.1 Å². The second kappa shape index (κ2) is 7.01. The summed E-state index contributed by atoms with van der Waals surface area (Å²) < 4.78 is 21.9. The van der Waals surface area contributed by atoms with Crippen LogP contribution in [-0.2, 0) is 11.3 Å². The summed E-state index contributed by atoms with van der Waals surface area (Å²) in [5.74, 6) is 1.34. The maximum atomic E-state index is 12.2. The van der Waals surface area contributed by atoms with E-state index < -0.39 is 5.97 Å². The van der Waals surface area contributed by atoms with E-state index in [0.717, 1.165) is 10.0 Å². The van der Waals surface area contributed by atoms with Crippen LogP contribution in [0.25, 0.3) is 11.3 Å². The predicted octanol–water partition coefficient (Wildman–Crippen LogP) is 4.84. The van der Waals surface area contributed by atoms with Crippen molar-refractivity contribution in [2.24, 2.45) is 0 Å². The third kappa shape index (κ3) is 3.40. The molecule has 1 aliphatic heterocycles. The van der Waals surface area contributed by atoms with E-state index in [-0.39, 0.29) is 19.0 Å². The molecule has 0 aliphatic carbocycles. The van der Waals surface area contributed by atoms with Crippen LogP contribution in [0.15, 0.2) is 51.5 Å². The van der Waals surface area contributed by atoms with Gasteiger partial charge in [0.1, 0.15) is 12.3 Å². The van der Waals surface area contributed by atoms with Crippen molar-refractivity contribution in [1.82, 2.24) is 5.16 Å². The molecule has 2 aromatic carbocycles. The van der Waals surface area contributed by atoms with Gasteiger partial charge in [-0.3, -0.25) is 0 Å². The Balaban J connectivity index is 1.45. The summed E-state index contributed by atoms with van der Waals surface area (Å²) in [7, 11) is 0. The normalized spacial score (nSPS) is 12.2. The zero-order valence-electron chi connectivity index (χ0n) is 13.2. The molecule has 132 valence electrons. The number of carbonyl (C=O) groups is 1. The molecule has 6 nitrogen and oxygen atoms in total. The van der Waals surface area contributed by atoms with E-state index in [9.17, 15) is 4.79 Å². The van der Waals surface area contributed by atoms with Gasteiger partial charge in [0.05, 0.1) is 10.6 Å². The summed E-state index contributed by atoms with van der Waals surface area (Å²) >= 11 is 9.32. The van der Waals surface area contributed by atoms with Gasteiger partial charge in [-0.2, -0.15) is 0 Å². The number of ether oxygens (including phenoxy) is 3. The molecule has 0 saturated heterocycles. The maximum Gasteiger partial charge on any atom is 0.340 e. The SMILES string of the molecule is O=C(OCc1cc(-c2ccc3c(c2)OCO3)on1)c1cc(Br)ccc1Cl. The number of carbonyl (C=O) groups excluding carboxylic acids is 1. The quantitative estimate of drug-likeness (QED) is 0.545. The third-order valence-electron chi connectivity index (χ3n) is 3.72. The molecule has 1 aliphatic rings. The number of fused-ring (bicyclic) bond motifs is 1. The summed E-state index contributed by atoms with van der Waals surface area (Å²) in [4.78, 5) is 12.2. The number of rotatable bonds is 4. The molecular formula is C18H11BrClNO5. The van der Waals surface area contributed by atoms with Crippen molar-refractivity contribution in [1.29, 1.82) is 0 Å². The molecule has 0 saturated carbocycles. The van der Waals surface area contributed by atoms with Crippen LogP contribution in [-0.4, -0.2) is 17.9 Å². The van der Waals surface area contributed by atoms with Crippen LogP contribution in [0.2, 0.25) is 5.02 Å². The summed E-state index contributed by atoms with van der Waals surface area (Å²) in [6, 6.07) is 12.1. The van der Waals surface area contributed by atoms with Gasteiger partial charge in [-0.15, -0.1) is 0 Å². The predicted molar refractivity (Wildman–Crippen MR) is 96.3 cm³/mol. The summed E-state index contributed by atoms with van der Waals surface area (Å²) in [6.45, 7) is 0.171. The Morgan fingerprint density at radius 1 is 1.15 bits per heavy atom. The van der Waals surface area contributed by atoms with Gasteiger partial charge in [-0.05, 0) is 36.4 Å². The van der Waals surface area contributed by atoms with E-state index in [0.29, 0.717) is 28.0 Å². The molecule has 0 unspecified atom stereocenters. The molecule has 8 heteroatoms. The van der Waals surface area contributed by atoms with Gasteiger partial charge in [-0.25, -0.2) is 4.79 Å². The van der Waals surface area contributed by atoms with Gasteiger partial charge in [0.2, 0.25) is 6.79 Å². The standard InChI is InChI=1S/C18H11BrClNO5/c19-11-2-3-14(20)13(6-11)18(22)23-8-12-7-16(26-21-12)10-1-4-15-17(5-10)25-9-24-15/h1-7H,8-9H2. The zero-order chi connectivity index (χ0) is 18.1. The monoisotopic (exact) mass is 435 g/mol. The second-order valence-electron chi connectivity index (χ2n) is 5.45. The lowest BCUT2D eigenvalue weighted by atomic mass is 10.1. The second-order valence-corrected chi connectivity index (χ2v) is 6.77. The first-order chi connectivity index (χ1) is 12.6. The van der Waals surface area contributed by atoms with Crippen LogP contribution in [0, 0.1) is 0 Å². The highest BCUT2D eigenvalue weighted by molar-refractivity contribution is 9.10. The van der Waals surface area contributed by atoms with Crippen molar-refractivity contribution < 1.29 is 23.5 Å². The molecular weight excluding hydrogens is 426 g/mol. The van der Waals surface area contributed by atoms with Crippen molar-refractivity contribution in [2.45, 2.75) is 6.61 Å². The number of esters is 1. The molecule has 0 radical (unpaired) electrons. The number of hydrogen-bond acceptors (Lipinski definition) is 6. The number of halogens is 2. The summed E-state index contributed by atoms with van der Waals surface area (Å²) in [5.41, 5.74) is 1.55. The highest BCUT2D eigenvalue weighted by Crippen LogP contribution is 2.36. The Morgan fingerprint density at radius 2 is 2.00 bits per heavy atom. The van der Waals surface area contributed by atoms with Gasteiger partial charge in [0, 0.05) is 16.1 Å². The highest BCUT2D eigenvalue weighted by Gasteiger charge is 2.17. The molecule has 1 aromatic heterocycles. The Bertz CT molecular complexity index is 987. The lowest BCUT2D eigenvalue weighted by Crippen LogP contribution is -2.06. The molecule has 4 rings (SSSR count). The van der Waals surface area contributed by atoms with Crippen LogP contribution in [0.5, 0.6) is 11.5 Å². The van der Waals surface area contributed by atoms with Gasteiger partial charge in [-0.1, -0.05) is 32.7 Å². The minimum absolute atomic E-state index is 0.0320. The van der Waals surface area contributed by atoms with Crippen LogP contribution >= 0.6 is 27.5 Å². The Morgan fingerprint density at radius 3 is 2.88 bits per heavy atom. The highest BCUT2D eigenvalue weighted by atomic mass is 79.9. The average Bonchev–Trinajstić information content (AvgIpc) is 3.30. The molecule has 0 bridgehead atoms. The third-order valence-corrected chi connectivity index (χ3v) is 4.54. The fraction of sp³-hybridized carbons (Fsp3) is 0.111. The number of benzene rings is 2. The minimum atomic E-state index is -0.538. The number of hydrogen-bond donors (Lipinski definition) is 0. The molecule has 0 N–H and O–H groups in total. The van der Waals surface area contributed by atoms with E-state index in [4.69, 9.17) is 30.3 Å². The maximum absolute atomic E-state index is 12.2. The van der Waals surface area contributed by atoms with E-state index in [1.165, 1.54) is 0 Å². The Labute approximate surface area is 161 Å². The van der Waals surface area contributed by atoms with Gasteiger partial charge in [0.25, 0.3) is 0 Å². The molecule has 3 aromatic rings. The topological polar surface area (TPSA) is 70.8 Å². The summed E-state index contributed by atoms with van der Waals surface area (Å²) in [5, 5.41) is 4.24. The van der Waals surface area contributed by atoms with Crippen molar-refractivity contribution in [3.05, 3.63) is 63.2 Å². The zero-order valence-corrected chi connectivity index (χ0v) is 15.5. The van der Waals surface area contributed by atoms with Gasteiger partial charge in [0.15, 0.2) is 17.3 Å². The van der Waals surface area contributed by atoms with Crippen molar-refractivity contribution in [3.63, 3.8) is 0 Å². The molecule has 0 atom stereocenters. The van der Waals surface area contributed by atoms with Gasteiger partial charge < -0.3 is 18.7 Å². The average molecular weight is 437 g/mol. The van der Waals surface area contributed by atoms with Crippen LogP contribution in [0.3, 0.4) is 0 Å². The van der Waals surface area contributed by atoms with E-state index in [1.807, 2.05) is 6.07 Å². The molecule has 0 fully saturated rings. The Hall–Kier alpha value is -2.51. The van der Waals surface area contributed by atoms with Crippen molar-refractivity contribution >= 4 is 33.5 Å². The first kappa shape index (κ1) is 16.9. The van der Waals surface area contributed by atoms with E-state index >= 15 is 0 Å². The largest absolute Gasteiger partial charge is 0.455 e. The molecule has 0 spiro atoms. The van der Waals surface area contributed by atoms with Crippen molar-refractivity contribution in [3.8, 4) is 22.8 Å². The number of nitrogens with zero attached hydrogens (tertiary/aromatic N) is 1. The molecule has 26 heavy (non-hydrogen) atoms. The van der Waals surface area contributed by atoms with Gasteiger partial charge >= 0.3 is 5.97 Å². The fourth-order valence-corrected chi connectivity index (χ4v) is 2.99. The van der Waals surface area contributed by atoms with E-state index in [1.54, 1.807) is 36.4 Å². The fourth-order valence-electron chi connectivity index (χ4n) is 2.44. The lowest BCUT2D eigenvalue weighted by molar-refractivity contribution is 0.0464.